The third-order valence-electron chi connectivity index (χ3n) is 6.00. The number of rotatable bonds is 7. The van der Waals surface area contributed by atoms with Crippen LogP contribution in [0.15, 0.2) is 0 Å². The zero-order chi connectivity index (χ0) is 17.1. The van der Waals surface area contributed by atoms with Crippen LogP contribution in [0.2, 0.25) is 0 Å². The first-order valence-electron chi connectivity index (χ1n) is 9.78. The molecule has 0 aromatic carbocycles. The number of carbonyl (C=O) groups is 1. The van der Waals surface area contributed by atoms with Gasteiger partial charge in [0.15, 0.2) is 0 Å². The number of hydrogen-bond acceptors (Lipinski definition) is 2. The van der Waals surface area contributed by atoms with E-state index in [0.29, 0.717) is 16.7 Å². The molecule has 134 valence electrons. The molecule has 2 aliphatic heterocycles. The van der Waals surface area contributed by atoms with Crippen molar-refractivity contribution in [1.29, 1.82) is 0 Å². The van der Waals surface area contributed by atoms with Crippen molar-refractivity contribution in [3.05, 3.63) is 0 Å². The summed E-state index contributed by atoms with van der Waals surface area (Å²) in [6, 6.07) is 0. The van der Waals surface area contributed by atoms with Gasteiger partial charge in [0.05, 0.1) is 0 Å². The zero-order valence-corrected chi connectivity index (χ0v) is 16.2. The zero-order valence-electron chi connectivity index (χ0n) is 16.2. The van der Waals surface area contributed by atoms with Crippen molar-refractivity contribution in [2.45, 2.75) is 73.1 Å². The lowest BCUT2D eigenvalue weighted by Gasteiger charge is -2.54. The van der Waals surface area contributed by atoms with Gasteiger partial charge in [-0.2, -0.15) is 0 Å². The summed E-state index contributed by atoms with van der Waals surface area (Å²) >= 11 is 0. The number of likely N-dealkylation sites (tertiary alicyclic amines) is 2. The fourth-order valence-electron chi connectivity index (χ4n) is 4.53. The van der Waals surface area contributed by atoms with E-state index in [1.54, 1.807) is 0 Å². The van der Waals surface area contributed by atoms with Gasteiger partial charge in [0.25, 0.3) is 0 Å². The minimum Gasteiger partial charge on any atom is -0.342 e. The number of hydrogen-bond donors (Lipinski definition) is 0. The molecule has 0 bridgehead atoms. The predicted octanol–water partition coefficient (Wildman–Crippen LogP) is 4.17. The van der Waals surface area contributed by atoms with Crippen molar-refractivity contribution in [3.63, 3.8) is 0 Å². The molecule has 2 rings (SSSR count). The molecule has 23 heavy (non-hydrogen) atoms. The number of piperidine rings is 1. The van der Waals surface area contributed by atoms with Crippen molar-refractivity contribution < 1.29 is 4.79 Å². The van der Waals surface area contributed by atoms with Gasteiger partial charge in [0, 0.05) is 32.1 Å². The molecule has 1 spiro atoms. The van der Waals surface area contributed by atoms with Crippen LogP contribution in [-0.4, -0.2) is 48.4 Å². The van der Waals surface area contributed by atoms with Gasteiger partial charge in [-0.05, 0) is 49.5 Å². The molecule has 2 saturated heterocycles. The van der Waals surface area contributed by atoms with Crippen molar-refractivity contribution in [2.75, 3.05) is 32.7 Å². The highest BCUT2D eigenvalue weighted by molar-refractivity contribution is 5.78. The number of amides is 1. The molecule has 0 unspecified atom stereocenters. The van der Waals surface area contributed by atoms with E-state index in [1.165, 1.54) is 58.2 Å². The molecule has 2 aliphatic rings. The van der Waals surface area contributed by atoms with Gasteiger partial charge in [0.1, 0.15) is 0 Å². The SMILES string of the molecule is CCCC(C)(C)CCCN1CC2(CCN(C(=O)C(C)C)CC2)C1. The summed E-state index contributed by atoms with van der Waals surface area (Å²) < 4.78 is 0. The van der Waals surface area contributed by atoms with Crippen LogP contribution >= 0.6 is 0 Å². The lowest BCUT2D eigenvalue weighted by Crippen LogP contribution is -2.61. The summed E-state index contributed by atoms with van der Waals surface area (Å²) in [5.41, 5.74) is 1.05. The lowest BCUT2D eigenvalue weighted by molar-refractivity contribution is -0.139. The summed E-state index contributed by atoms with van der Waals surface area (Å²) in [7, 11) is 0. The van der Waals surface area contributed by atoms with E-state index in [4.69, 9.17) is 0 Å². The molecule has 0 aromatic heterocycles. The molecule has 3 nitrogen and oxygen atoms in total. The smallest absolute Gasteiger partial charge is 0.225 e. The fourth-order valence-corrected chi connectivity index (χ4v) is 4.53. The van der Waals surface area contributed by atoms with E-state index >= 15 is 0 Å². The average molecular weight is 323 g/mol. The molecule has 0 saturated carbocycles. The Hall–Kier alpha value is -0.570. The van der Waals surface area contributed by atoms with Crippen LogP contribution < -0.4 is 0 Å². The molecule has 1 amide bonds. The Balaban J connectivity index is 1.65. The summed E-state index contributed by atoms with van der Waals surface area (Å²) in [6.07, 6.45) is 7.75. The topological polar surface area (TPSA) is 23.6 Å². The van der Waals surface area contributed by atoms with Crippen LogP contribution in [0.1, 0.15) is 73.1 Å². The Morgan fingerprint density at radius 3 is 2.26 bits per heavy atom. The average Bonchev–Trinajstić information content (AvgIpc) is 2.45. The Morgan fingerprint density at radius 1 is 1.13 bits per heavy atom. The van der Waals surface area contributed by atoms with Crippen molar-refractivity contribution >= 4 is 5.91 Å². The van der Waals surface area contributed by atoms with Gasteiger partial charge >= 0.3 is 0 Å². The fraction of sp³-hybridized carbons (Fsp3) is 0.950. The van der Waals surface area contributed by atoms with E-state index in [1.807, 2.05) is 13.8 Å². The Kier molecular flexibility index (Phi) is 6.16. The van der Waals surface area contributed by atoms with Gasteiger partial charge in [-0.1, -0.05) is 41.0 Å². The predicted molar refractivity (Wildman–Crippen MR) is 97.4 cm³/mol. The third kappa shape index (κ3) is 4.95. The Labute approximate surface area is 143 Å². The molecule has 2 fully saturated rings. The second kappa shape index (κ2) is 7.55. The van der Waals surface area contributed by atoms with Gasteiger partial charge in [-0.3, -0.25) is 4.79 Å². The van der Waals surface area contributed by atoms with E-state index in [-0.39, 0.29) is 5.92 Å². The maximum atomic E-state index is 12.1. The highest BCUT2D eigenvalue weighted by Crippen LogP contribution is 2.41. The van der Waals surface area contributed by atoms with Gasteiger partial charge in [-0.15, -0.1) is 0 Å². The minimum atomic E-state index is 0.147. The summed E-state index contributed by atoms with van der Waals surface area (Å²) in [6.45, 7) is 16.9. The maximum Gasteiger partial charge on any atom is 0.225 e. The highest BCUT2D eigenvalue weighted by Gasteiger charge is 2.45. The molecular formula is C20H38N2O. The van der Waals surface area contributed by atoms with Crippen molar-refractivity contribution in [3.8, 4) is 0 Å². The summed E-state index contributed by atoms with van der Waals surface area (Å²) in [5.74, 6) is 0.489. The Bertz CT molecular complexity index is 386. The van der Waals surface area contributed by atoms with Crippen molar-refractivity contribution in [2.24, 2.45) is 16.7 Å². The van der Waals surface area contributed by atoms with E-state index in [0.717, 1.165) is 13.1 Å². The van der Waals surface area contributed by atoms with E-state index in [9.17, 15) is 4.79 Å². The van der Waals surface area contributed by atoms with Crippen molar-refractivity contribution in [1.82, 2.24) is 9.80 Å². The van der Waals surface area contributed by atoms with Crippen LogP contribution in [0, 0.1) is 16.7 Å². The van der Waals surface area contributed by atoms with Crippen LogP contribution in [0.3, 0.4) is 0 Å². The van der Waals surface area contributed by atoms with Crippen LogP contribution in [0.5, 0.6) is 0 Å². The standard InChI is InChI=1S/C20H38N2O/c1-6-8-19(4,5)9-7-12-21-15-20(16-21)10-13-22(14-11-20)18(23)17(2)3/h17H,6-16H2,1-5H3. The van der Waals surface area contributed by atoms with E-state index in [2.05, 4.69) is 30.6 Å². The quantitative estimate of drug-likeness (QED) is 0.702. The largest absolute Gasteiger partial charge is 0.342 e. The molecule has 3 heteroatoms. The maximum absolute atomic E-state index is 12.1. The second-order valence-corrected chi connectivity index (χ2v) is 9.21. The van der Waals surface area contributed by atoms with Gasteiger partial charge in [0.2, 0.25) is 5.91 Å². The van der Waals surface area contributed by atoms with Gasteiger partial charge in [-0.25, -0.2) is 0 Å². The molecule has 2 heterocycles. The molecule has 0 radical (unpaired) electrons. The molecule has 0 atom stereocenters. The highest BCUT2D eigenvalue weighted by atomic mass is 16.2. The number of carbonyl (C=O) groups excluding carboxylic acids is 1. The monoisotopic (exact) mass is 322 g/mol. The summed E-state index contributed by atoms with van der Waals surface area (Å²) in [5, 5.41) is 0. The molecule has 0 aliphatic carbocycles. The number of nitrogens with zero attached hydrogens (tertiary/aromatic N) is 2. The van der Waals surface area contributed by atoms with E-state index < -0.39 is 0 Å². The van der Waals surface area contributed by atoms with Crippen LogP contribution in [-0.2, 0) is 4.79 Å². The summed E-state index contributed by atoms with van der Waals surface area (Å²) in [4.78, 5) is 16.8. The first-order valence-corrected chi connectivity index (χ1v) is 9.78. The third-order valence-corrected chi connectivity index (χ3v) is 6.00. The lowest BCUT2D eigenvalue weighted by atomic mass is 9.71. The van der Waals surface area contributed by atoms with Crippen LogP contribution in [0.4, 0.5) is 0 Å². The molecule has 0 aromatic rings. The second-order valence-electron chi connectivity index (χ2n) is 9.21. The molecule has 0 N–H and O–H groups in total. The Morgan fingerprint density at radius 2 is 1.74 bits per heavy atom. The first-order chi connectivity index (χ1) is 10.8. The normalized spacial score (nSPS) is 21.7. The minimum absolute atomic E-state index is 0.147. The van der Waals surface area contributed by atoms with Gasteiger partial charge < -0.3 is 9.80 Å². The molecular weight excluding hydrogens is 284 g/mol. The van der Waals surface area contributed by atoms with Crippen LogP contribution in [0.25, 0.3) is 0 Å². The first kappa shape index (κ1) is 18.8.